The van der Waals surface area contributed by atoms with Crippen molar-refractivity contribution in [3.8, 4) is 0 Å². The van der Waals surface area contributed by atoms with Gasteiger partial charge in [0.05, 0.1) is 6.04 Å². The average Bonchev–Trinajstić information content (AvgIpc) is 2.95. The topological polar surface area (TPSA) is 62.5 Å². The van der Waals surface area contributed by atoms with Crippen LogP contribution in [0.15, 0.2) is 39.9 Å². The number of aliphatic imine (C=N–C) groups is 1. The minimum Gasteiger partial charge on any atom is -0.464 e. The highest BCUT2D eigenvalue weighted by Crippen LogP contribution is 2.15. The number of hydrogen-bond donors (Lipinski definition) is 2. The van der Waals surface area contributed by atoms with E-state index in [0.717, 1.165) is 36.1 Å². The first kappa shape index (κ1) is 16.1. The molecule has 0 saturated heterocycles. The molecule has 0 aliphatic carbocycles. The van der Waals surface area contributed by atoms with E-state index >= 15 is 0 Å². The quantitative estimate of drug-likeness (QED) is 0.658. The fourth-order valence-electron chi connectivity index (χ4n) is 2.13. The predicted molar refractivity (Wildman–Crippen MR) is 89.0 cm³/mol. The summed E-state index contributed by atoms with van der Waals surface area (Å²) in [6, 6.07) is 8.16. The largest absolute Gasteiger partial charge is 0.464 e. The number of furan rings is 1. The highest BCUT2D eigenvalue weighted by atomic mass is 16.3. The molecule has 0 aliphatic heterocycles. The number of nitrogens with zero attached hydrogens (tertiary/aromatic N) is 2. The summed E-state index contributed by atoms with van der Waals surface area (Å²) in [5.74, 6) is 2.59. The lowest BCUT2D eigenvalue weighted by atomic mass is 10.2. The van der Waals surface area contributed by atoms with Gasteiger partial charge in [0.1, 0.15) is 11.5 Å². The van der Waals surface area contributed by atoms with Crippen molar-refractivity contribution in [3.63, 3.8) is 0 Å². The highest BCUT2D eigenvalue weighted by molar-refractivity contribution is 5.80. The first-order valence-electron chi connectivity index (χ1n) is 7.53. The molecule has 0 fully saturated rings. The predicted octanol–water partition coefficient (Wildman–Crippen LogP) is 2.76. The summed E-state index contributed by atoms with van der Waals surface area (Å²) in [5, 5.41) is 6.63. The van der Waals surface area contributed by atoms with Crippen molar-refractivity contribution in [2.45, 2.75) is 33.2 Å². The molecular weight excluding hydrogens is 276 g/mol. The summed E-state index contributed by atoms with van der Waals surface area (Å²) in [7, 11) is 1.77. The maximum Gasteiger partial charge on any atom is 0.191 e. The van der Waals surface area contributed by atoms with Gasteiger partial charge in [-0.3, -0.25) is 9.98 Å². The fraction of sp³-hybridized carbons (Fsp3) is 0.412. The van der Waals surface area contributed by atoms with Crippen LogP contribution in [0.4, 0.5) is 0 Å². The standard InChI is InChI=1S/C17H24N4O/c1-12-5-7-15(11-20-12)9-10-19-17(18-4)21-14(3)16-8-6-13(2)22-16/h5-8,11,14H,9-10H2,1-4H3,(H2,18,19,21). The number of pyridine rings is 1. The van der Waals surface area contributed by atoms with E-state index in [1.165, 1.54) is 5.56 Å². The number of aromatic nitrogens is 1. The van der Waals surface area contributed by atoms with Crippen LogP contribution >= 0.6 is 0 Å². The molecule has 1 unspecified atom stereocenters. The maximum atomic E-state index is 5.62. The van der Waals surface area contributed by atoms with Crippen LogP contribution < -0.4 is 10.6 Å². The summed E-state index contributed by atoms with van der Waals surface area (Å²) in [6.07, 6.45) is 2.82. The molecule has 0 aromatic carbocycles. The van der Waals surface area contributed by atoms with Crippen LogP contribution in [-0.4, -0.2) is 24.5 Å². The molecule has 118 valence electrons. The van der Waals surface area contributed by atoms with Gasteiger partial charge < -0.3 is 15.1 Å². The molecule has 0 spiro atoms. The second-order valence-corrected chi connectivity index (χ2v) is 5.37. The molecule has 0 amide bonds. The summed E-state index contributed by atoms with van der Waals surface area (Å²) < 4.78 is 5.62. The molecular formula is C17H24N4O. The van der Waals surface area contributed by atoms with Crippen molar-refractivity contribution < 1.29 is 4.42 Å². The monoisotopic (exact) mass is 300 g/mol. The zero-order valence-electron chi connectivity index (χ0n) is 13.7. The summed E-state index contributed by atoms with van der Waals surface area (Å²) >= 11 is 0. The lowest BCUT2D eigenvalue weighted by Crippen LogP contribution is -2.39. The summed E-state index contributed by atoms with van der Waals surface area (Å²) in [6.45, 7) is 6.79. The molecule has 22 heavy (non-hydrogen) atoms. The van der Waals surface area contributed by atoms with E-state index in [0.29, 0.717) is 0 Å². The van der Waals surface area contributed by atoms with Crippen LogP contribution in [0.5, 0.6) is 0 Å². The van der Waals surface area contributed by atoms with Crippen molar-refractivity contribution in [1.82, 2.24) is 15.6 Å². The van der Waals surface area contributed by atoms with Crippen LogP contribution in [0.3, 0.4) is 0 Å². The van der Waals surface area contributed by atoms with Crippen molar-refractivity contribution in [3.05, 3.63) is 53.2 Å². The third-order valence-corrected chi connectivity index (χ3v) is 3.44. The van der Waals surface area contributed by atoms with Gasteiger partial charge in [-0.2, -0.15) is 0 Å². The molecule has 5 nitrogen and oxygen atoms in total. The number of rotatable bonds is 5. The Balaban J connectivity index is 1.81. The van der Waals surface area contributed by atoms with E-state index in [4.69, 9.17) is 4.42 Å². The molecule has 2 N–H and O–H groups in total. The van der Waals surface area contributed by atoms with Gasteiger partial charge in [0.15, 0.2) is 5.96 Å². The molecule has 2 heterocycles. The zero-order chi connectivity index (χ0) is 15.9. The molecule has 2 aromatic heterocycles. The van der Waals surface area contributed by atoms with Gasteiger partial charge >= 0.3 is 0 Å². The smallest absolute Gasteiger partial charge is 0.191 e. The third kappa shape index (κ3) is 4.62. The first-order chi connectivity index (χ1) is 10.6. The molecule has 0 saturated carbocycles. The van der Waals surface area contributed by atoms with Gasteiger partial charge in [-0.1, -0.05) is 6.07 Å². The Bertz CT molecular complexity index is 616. The van der Waals surface area contributed by atoms with E-state index in [9.17, 15) is 0 Å². The van der Waals surface area contributed by atoms with Crippen LogP contribution in [0.2, 0.25) is 0 Å². The van der Waals surface area contributed by atoms with Gasteiger partial charge in [0.2, 0.25) is 0 Å². The molecule has 0 bridgehead atoms. The molecule has 2 aromatic rings. The Kier molecular flexibility index (Phi) is 5.58. The van der Waals surface area contributed by atoms with Gasteiger partial charge in [0.25, 0.3) is 0 Å². The summed E-state index contributed by atoms with van der Waals surface area (Å²) in [4.78, 5) is 8.54. The molecule has 2 rings (SSSR count). The Morgan fingerprint density at radius 1 is 1.27 bits per heavy atom. The van der Waals surface area contributed by atoms with Crippen molar-refractivity contribution >= 4 is 5.96 Å². The molecule has 1 atom stereocenters. The number of hydrogen-bond acceptors (Lipinski definition) is 3. The van der Waals surface area contributed by atoms with Crippen molar-refractivity contribution in [2.75, 3.05) is 13.6 Å². The third-order valence-electron chi connectivity index (χ3n) is 3.44. The Morgan fingerprint density at radius 3 is 2.68 bits per heavy atom. The second kappa shape index (κ2) is 7.64. The first-order valence-corrected chi connectivity index (χ1v) is 7.53. The molecule has 0 aliphatic rings. The van der Waals surface area contributed by atoms with Gasteiger partial charge in [0, 0.05) is 25.5 Å². The van der Waals surface area contributed by atoms with Crippen LogP contribution in [0.1, 0.15) is 35.7 Å². The molecule has 0 radical (unpaired) electrons. The Hall–Kier alpha value is -2.30. The second-order valence-electron chi connectivity index (χ2n) is 5.37. The van der Waals surface area contributed by atoms with Crippen LogP contribution in [0.25, 0.3) is 0 Å². The van der Waals surface area contributed by atoms with E-state index in [1.807, 2.05) is 38.2 Å². The van der Waals surface area contributed by atoms with Crippen LogP contribution in [0, 0.1) is 13.8 Å². The Morgan fingerprint density at radius 2 is 2.09 bits per heavy atom. The van der Waals surface area contributed by atoms with Crippen molar-refractivity contribution in [2.24, 2.45) is 4.99 Å². The normalized spacial score (nSPS) is 13.0. The maximum absolute atomic E-state index is 5.62. The fourth-order valence-corrected chi connectivity index (χ4v) is 2.13. The minimum absolute atomic E-state index is 0.0703. The van der Waals surface area contributed by atoms with Gasteiger partial charge in [-0.25, -0.2) is 0 Å². The van der Waals surface area contributed by atoms with Crippen LogP contribution in [-0.2, 0) is 6.42 Å². The number of aryl methyl sites for hydroxylation is 2. The Labute approximate surface area is 131 Å². The van der Waals surface area contributed by atoms with Gasteiger partial charge in [-0.15, -0.1) is 0 Å². The minimum atomic E-state index is 0.0703. The lowest BCUT2D eigenvalue weighted by molar-refractivity contribution is 0.441. The number of nitrogens with one attached hydrogen (secondary N) is 2. The SMILES string of the molecule is CN=C(NCCc1ccc(C)nc1)NC(C)c1ccc(C)o1. The van der Waals surface area contributed by atoms with E-state index in [-0.39, 0.29) is 6.04 Å². The molecule has 5 heteroatoms. The average molecular weight is 300 g/mol. The lowest BCUT2D eigenvalue weighted by Gasteiger charge is -2.16. The van der Waals surface area contributed by atoms with Crippen molar-refractivity contribution in [1.29, 1.82) is 0 Å². The number of guanidine groups is 1. The van der Waals surface area contributed by atoms with E-state index in [2.05, 4.69) is 33.6 Å². The van der Waals surface area contributed by atoms with E-state index < -0.39 is 0 Å². The zero-order valence-corrected chi connectivity index (χ0v) is 13.7. The highest BCUT2D eigenvalue weighted by Gasteiger charge is 2.10. The van der Waals surface area contributed by atoms with E-state index in [1.54, 1.807) is 7.05 Å². The summed E-state index contributed by atoms with van der Waals surface area (Å²) in [5.41, 5.74) is 2.25. The van der Waals surface area contributed by atoms with Gasteiger partial charge in [-0.05, 0) is 51.0 Å².